The Morgan fingerprint density at radius 2 is 2.39 bits per heavy atom. The van der Waals surface area contributed by atoms with E-state index in [4.69, 9.17) is 10.3 Å². The molecule has 3 N–H and O–H groups in total. The molecule has 9 nitrogen and oxygen atoms in total. The summed E-state index contributed by atoms with van der Waals surface area (Å²) in [7, 11) is 0. The molecule has 0 radical (unpaired) electrons. The monoisotopic (exact) mass is 250 g/mol. The van der Waals surface area contributed by atoms with Crippen LogP contribution < -0.4 is 11.1 Å². The van der Waals surface area contributed by atoms with Crippen LogP contribution in [0.1, 0.15) is 11.5 Å². The summed E-state index contributed by atoms with van der Waals surface area (Å²) < 4.78 is 4.87. The number of nitrogens with zero attached hydrogens (tertiary/aromatic N) is 4. The van der Waals surface area contributed by atoms with Crippen LogP contribution in [0.25, 0.3) is 0 Å². The van der Waals surface area contributed by atoms with Crippen molar-refractivity contribution in [1.82, 2.24) is 15.1 Å². The Bertz CT molecular complexity index is 581. The molecule has 0 aromatic carbocycles. The summed E-state index contributed by atoms with van der Waals surface area (Å²) in [6, 6.07) is 1.71. The van der Waals surface area contributed by atoms with E-state index in [0.29, 0.717) is 11.5 Å². The van der Waals surface area contributed by atoms with Gasteiger partial charge in [-0.3, -0.25) is 10.1 Å². The summed E-state index contributed by atoms with van der Waals surface area (Å²) in [5.74, 6) is 0.663. The van der Waals surface area contributed by atoms with Crippen LogP contribution in [0.2, 0.25) is 0 Å². The Balaban J connectivity index is 2.17. The molecule has 0 aliphatic heterocycles. The van der Waals surface area contributed by atoms with Gasteiger partial charge in [-0.05, 0) is 6.92 Å². The predicted octanol–water partition coefficient (Wildman–Crippen LogP) is 0.876. The highest BCUT2D eigenvalue weighted by molar-refractivity contribution is 5.56. The maximum absolute atomic E-state index is 10.8. The molecule has 0 atom stereocenters. The molecule has 0 spiro atoms. The van der Waals surface area contributed by atoms with Crippen molar-refractivity contribution in [2.24, 2.45) is 0 Å². The van der Waals surface area contributed by atoms with Crippen LogP contribution in [0, 0.1) is 17.0 Å². The summed E-state index contributed by atoms with van der Waals surface area (Å²) >= 11 is 0. The van der Waals surface area contributed by atoms with Gasteiger partial charge in [0.05, 0.1) is 11.5 Å². The molecule has 0 unspecified atom stereocenters. The summed E-state index contributed by atoms with van der Waals surface area (Å²) in [4.78, 5) is 17.5. The summed E-state index contributed by atoms with van der Waals surface area (Å²) in [6.45, 7) is 2.00. The van der Waals surface area contributed by atoms with Gasteiger partial charge >= 0.3 is 5.69 Å². The van der Waals surface area contributed by atoms with Crippen molar-refractivity contribution in [3.63, 3.8) is 0 Å². The molecule has 0 bridgehead atoms. The molecule has 2 heterocycles. The van der Waals surface area contributed by atoms with Gasteiger partial charge in [-0.2, -0.15) is 4.98 Å². The zero-order chi connectivity index (χ0) is 13.1. The van der Waals surface area contributed by atoms with Crippen LogP contribution in [0.4, 0.5) is 17.5 Å². The van der Waals surface area contributed by atoms with Crippen LogP contribution in [0.3, 0.4) is 0 Å². The van der Waals surface area contributed by atoms with Crippen molar-refractivity contribution < 1.29 is 9.45 Å². The Morgan fingerprint density at radius 1 is 1.61 bits per heavy atom. The first-order chi connectivity index (χ1) is 8.56. The van der Waals surface area contributed by atoms with Crippen LogP contribution in [0.15, 0.2) is 16.8 Å². The second-order valence-electron chi connectivity index (χ2n) is 3.50. The molecule has 94 valence electrons. The molecule has 0 saturated carbocycles. The van der Waals surface area contributed by atoms with Crippen LogP contribution in [-0.2, 0) is 6.54 Å². The second-order valence-corrected chi connectivity index (χ2v) is 3.50. The Morgan fingerprint density at radius 3 is 3.00 bits per heavy atom. The lowest BCUT2D eigenvalue weighted by Crippen LogP contribution is -2.07. The van der Waals surface area contributed by atoms with Crippen molar-refractivity contribution in [3.05, 3.63) is 33.8 Å². The number of nitrogen functional groups attached to an aromatic ring is 1. The summed E-state index contributed by atoms with van der Waals surface area (Å²) in [5, 5.41) is 17.3. The average molecular weight is 250 g/mol. The number of rotatable bonds is 4. The molecule has 2 aromatic rings. The number of nitrogens with two attached hydrogens (primary N) is 1. The van der Waals surface area contributed by atoms with Gasteiger partial charge in [0.1, 0.15) is 17.7 Å². The van der Waals surface area contributed by atoms with Gasteiger partial charge in [-0.15, -0.1) is 0 Å². The smallest absolute Gasteiger partial charge is 0.329 e. The third-order valence-corrected chi connectivity index (χ3v) is 2.10. The molecule has 0 aliphatic rings. The normalized spacial score (nSPS) is 10.3. The van der Waals surface area contributed by atoms with Gasteiger partial charge in [0.2, 0.25) is 11.8 Å². The number of aromatic nitrogens is 3. The van der Waals surface area contributed by atoms with E-state index in [1.54, 1.807) is 13.0 Å². The number of aryl methyl sites for hydroxylation is 1. The summed E-state index contributed by atoms with van der Waals surface area (Å²) in [5.41, 5.74) is 5.75. The zero-order valence-electron chi connectivity index (χ0n) is 9.45. The van der Waals surface area contributed by atoms with E-state index in [0.717, 1.165) is 6.20 Å². The second kappa shape index (κ2) is 4.65. The van der Waals surface area contributed by atoms with Crippen molar-refractivity contribution in [1.29, 1.82) is 0 Å². The molecular weight excluding hydrogens is 240 g/mol. The lowest BCUT2D eigenvalue weighted by molar-refractivity contribution is -0.384. The van der Waals surface area contributed by atoms with Crippen molar-refractivity contribution in [3.8, 4) is 0 Å². The topological polar surface area (TPSA) is 133 Å². The largest absolute Gasteiger partial charge is 0.368 e. The molecule has 2 aromatic heterocycles. The minimum atomic E-state index is -0.587. The van der Waals surface area contributed by atoms with Crippen LogP contribution >= 0.6 is 0 Å². The maximum Gasteiger partial charge on any atom is 0.329 e. The highest BCUT2D eigenvalue weighted by atomic mass is 16.6. The van der Waals surface area contributed by atoms with Gasteiger partial charge < -0.3 is 15.6 Å². The van der Waals surface area contributed by atoms with E-state index in [1.165, 1.54) is 0 Å². The third-order valence-electron chi connectivity index (χ3n) is 2.10. The summed E-state index contributed by atoms with van der Waals surface area (Å²) in [6.07, 6.45) is 1.05. The Kier molecular flexibility index (Phi) is 3.04. The van der Waals surface area contributed by atoms with Gasteiger partial charge in [0, 0.05) is 6.07 Å². The number of anilines is 2. The number of hydrogen-bond acceptors (Lipinski definition) is 8. The molecule has 0 saturated heterocycles. The molecule has 2 rings (SSSR count). The fourth-order valence-electron chi connectivity index (χ4n) is 1.33. The van der Waals surface area contributed by atoms with E-state index in [2.05, 4.69) is 20.4 Å². The molecule has 18 heavy (non-hydrogen) atoms. The molecule has 9 heteroatoms. The number of nitrogens with one attached hydrogen (secondary N) is 1. The zero-order valence-corrected chi connectivity index (χ0v) is 9.45. The molecule has 0 aliphatic carbocycles. The molecule has 0 fully saturated rings. The predicted molar refractivity (Wildman–Crippen MR) is 61.7 cm³/mol. The fourth-order valence-corrected chi connectivity index (χ4v) is 1.33. The molecular formula is C9H10N6O3. The number of hydrogen-bond donors (Lipinski definition) is 2. The first kappa shape index (κ1) is 11.8. The van der Waals surface area contributed by atoms with Gasteiger partial charge in [0.25, 0.3) is 0 Å². The lowest BCUT2D eigenvalue weighted by atomic mass is 10.3. The minimum Gasteiger partial charge on any atom is -0.368 e. The average Bonchev–Trinajstić information content (AvgIpc) is 2.72. The van der Waals surface area contributed by atoms with E-state index in [-0.39, 0.29) is 24.0 Å². The van der Waals surface area contributed by atoms with E-state index in [1.807, 2.05) is 0 Å². The van der Waals surface area contributed by atoms with Crippen molar-refractivity contribution in [2.75, 3.05) is 11.1 Å². The van der Waals surface area contributed by atoms with Crippen LogP contribution in [-0.4, -0.2) is 20.0 Å². The van der Waals surface area contributed by atoms with Crippen molar-refractivity contribution in [2.45, 2.75) is 13.5 Å². The Hall–Kier alpha value is -2.71. The van der Waals surface area contributed by atoms with Gasteiger partial charge in [-0.25, -0.2) is 4.98 Å². The van der Waals surface area contributed by atoms with Crippen LogP contribution in [0.5, 0.6) is 0 Å². The maximum atomic E-state index is 10.8. The highest BCUT2D eigenvalue weighted by Gasteiger charge is 2.16. The van der Waals surface area contributed by atoms with Gasteiger partial charge in [0.15, 0.2) is 0 Å². The quantitative estimate of drug-likeness (QED) is 0.603. The first-order valence-electron chi connectivity index (χ1n) is 4.99. The van der Waals surface area contributed by atoms with E-state index in [9.17, 15) is 10.1 Å². The highest BCUT2D eigenvalue weighted by Crippen LogP contribution is 2.21. The minimum absolute atomic E-state index is 0.0422. The Labute approximate surface area is 101 Å². The lowest BCUT2D eigenvalue weighted by Gasteiger charge is -2.03. The standard InChI is InChI=1S/C9H10N6O3/c1-5-2-6(14-18-5)3-11-8-7(15(16)17)4-12-9(10)13-8/h2,4H,3H2,1H3,(H3,10,11,12,13). The number of nitro groups is 1. The SMILES string of the molecule is Cc1cc(CNc2nc(N)ncc2[N+](=O)[O-])no1. The van der Waals surface area contributed by atoms with E-state index >= 15 is 0 Å². The third kappa shape index (κ3) is 2.51. The van der Waals surface area contributed by atoms with E-state index < -0.39 is 4.92 Å². The first-order valence-corrected chi connectivity index (χ1v) is 4.99. The van der Waals surface area contributed by atoms with Gasteiger partial charge in [-0.1, -0.05) is 5.16 Å². The fraction of sp³-hybridized carbons (Fsp3) is 0.222. The molecule has 0 amide bonds. The van der Waals surface area contributed by atoms with Crippen molar-refractivity contribution >= 4 is 17.5 Å².